The third kappa shape index (κ3) is 8.02. The number of nitrogens with one attached hydrogen (secondary N) is 1. The van der Waals surface area contributed by atoms with E-state index < -0.39 is 28.5 Å². The van der Waals surface area contributed by atoms with Crippen LogP contribution in [0.15, 0.2) is 48.5 Å². The summed E-state index contributed by atoms with van der Waals surface area (Å²) in [5.41, 5.74) is 2.20. The van der Waals surface area contributed by atoms with Crippen molar-refractivity contribution < 1.29 is 18.0 Å². The number of aryl methyl sites for hydroxylation is 1. The summed E-state index contributed by atoms with van der Waals surface area (Å²) in [7, 11) is -3.75. The monoisotopic (exact) mass is 507 g/mol. The molecule has 2 aromatic rings. The zero-order valence-electron chi connectivity index (χ0n) is 20.3. The Labute approximate surface area is 208 Å². The van der Waals surface area contributed by atoms with Crippen LogP contribution in [0.5, 0.6) is 0 Å². The highest BCUT2D eigenvalue weighted by Gasteiger charge is 2.30. The molecule has 0 bridgehead atoms. The van der Waals surface area contributed by atoms with E-state index in [9.17, 15) is 18.0 Å². The molecule has 0 radical (unpaired) electrons. The molecule has 7 nitrogen and oxygen atoms in total. The molecule has 1 atom stereocenters. The van der Waals surface area contributed by atoms with Crippen LogP contribution in [0.4, 0.5) is 5.69 Å². The topological polar surface area (TPSA) is 86.8 Å². The minimum Gasteiger partial charge on any atom is -0.354 e. The van der Waals surface area contributed by atoms with E-state index in [0.717, 1.165) is 41.0 Å². The van der Waals surface area contributed by atoms with Gasteiger partial charge >= 0.3 is 0 Å². The molecular weight excluding hydrogens is 474 g/mol. The molecule has 2 amide bonds. The number of nitrogens with zero attached hydrogens (tertiary/aromatic N) is 2. The molecule has 186 valence electrons. The normalized spacial score (nSPS) is 12.1. The molecule has 1 N–H and O–H groups in total. The average molecular weight is 508 g/mol. The summed E-state index contributed by atoms with van der Waals surface area (Å²) in [5, 5.41) is 3.37. The van der Waals surface area contributed by atoms with Crippen LogP contribution >= 0.6 is 11.6 Å². The van der Waals surface area contributed by atoms with Gasteiger partial charge in [0.25, 0.3) is 0 Å². The number of unbranched alkanes of at least 4 members (excludes halogenated alkanes) is 1. The predicted molar refractivity (Wildman–Crippen MR) is 137 cm³/mol. The molecule has 9 heteroatoms. The second kappa shape index (κ2) is 12.8. The Morgan fingerprint density at radius 1 is 1.06 bits per heavy atom. The molecule has 0 heterocycles. The average Bonchev–Trinajstić information content (AvgIpc) is 2.80. The van der Waals surface area contributed by atoms with E-state index in [-0.39, 0.29) is 12.5 Å². The molecule has 2 rings (SSSR count). The number of sulfonamides is 1. The molecule has 0 fully saturated rings. The fourth-order valence-electron chi connectivity index (χ4n) is 3.46. The van der Waals surface area contributed by atoms with E-state index in [2.05, 4.69) is 5.32 Å². The van der Waals surface area contributed by atoms with Crippen LogP contribution in [0.3, 0.4) is 0 Å². The fraction of sp³-hybridized carbons (Fsp3) is 0.440. The number of carbonyl (C=O) groups is 2. The summed E-state index contributed by atoms with van der Waals surface area (Å²) >= 11 is 6.11. The fourth-order valence-corrected chi connectivity index (χ4v) is 4.52. The zero-order valence-corrected chi connectivity index (χ0v) is 21.8. The quantitative estimate of drug-likeness (QED) is 0.440. The molecule has 0 saturated heterocycles. The minimum absolute atomic E-state index is 0.119. The van der Waals surface area contributed by atoms with Gasteiger partial charge in [0, 0.05) is 18.1 Å². The SMILES string of the molecule is CCCCNC(=O)[C@@H](C)N(Cc1cccc(Cl)c1)C(=O)CN(c1ccc(CC)cc1)S(C)(=O)=O. The third-order valence-electron chi connectivity index (χ3n) is 5.55. The van der Waals surface area contributed by atoms with Crippen molar-refractivity contribution in [3.05, 3.63) is 64.7 Å². The van der Waals surface area contributed by atoms with Gasteiger partial charge in [-0.15, -0.1) is 0 Å². The van der Waals surface area contributed by atoms with E-state index in [0.29, 0.717) is 17.3 Å². The van der Waals surface area contributed by atoms with Gasteiger partial charge in [-0.3, -0.25) is 13.9 Å². The first-order chi connectivity index (χ1) is 16.1. The molecule has 0 aromatic heterocycles. The number of rotatable bonds is 12. The lowest BCUT2D eigenvalue weighted by Crippen LogP contribution is -2.51. The van der Waals surface area contributed by atoms with Crippen molar-refractivity contribution in [2.24, 2.45) is 0 Å². The number of anilines is 1. The Morgan fingerprint density at radius 2 is 1.74 bits per heavy atom. The van der Waals surface area contributed by atoms with Gasteiger partial charge in [0.15, 0.2) is 0 Å². The summed E-state index contributed by atoms with van der Waals surface area (Å²) < 4.78 is 26.2. The second-order valence-corrected chi connectivity index (χ2v) is 10.6. The Morgan fingerprint density at radius 3 is 2.29 bits per heavy atom. The smallest absolute Gasteiger partial charge is 0.244 e. The summed E-state index contributed by atoms with van der Waals surface area (Å²) in [6.07, 6.45) is 3.64. The molecular formula is C25H34ClN3O4S. The minimum atomic E-state index is -3.75. The Kier molecular flexibility index (Phi) is 10.4. The van der Waals surface area contributed by atoms with Crippen molar-refractivity contribution in [2.75, 3.05) is 23.7 Å². The van der Waals surface area contributed by atoms with Gasteiger partial charge in [-0.1, -0.05) is 56.1 Å². The maximum Gasteiger partial charge on any atom is 0.244 e. The molecule has 0 aliphatic rings. The van der Waals surface area contributed by atoms with Gasteiger partial charge in [-0.2, -0.15) is 0 Å². The number of benzene rings is 2. The number of halogens is 1. The maximum atomic E-state index is 13.5. The van der Waals surface area contributed by atoms with Crippen LogP contribution in [0.25, 0.3) is 0 Å². The molecule has 0 aliphatic heterocycles. The highest BCUT2D eigenvalue weighted by Crippen LogP contribution is 2.20. The molecule has 0 aliphatic carbocycles. The molecule has 34 heavy (non-hydrogen) atoms. The number of amides is 2. The lowest BCUT2D eigenvalue weighted by molar-refractivity contribution is -0.139. The largest absolute Gasteiger partial charge is 0.354 e. The summed E-state index contributed by atoms with van der Waals surface area (Å²) in [4.78, 5) is 27.6. The number of carbonyl (C=O) groups excluding carboxylic acids is 2. The van der Waals surface area contributed by atoms with Crippen LogP contribution in [-0.2, 0) is 32.6 Å². The molecule has 2 aromatic carbocycles. The second-order valence-electron chi connectivity index (χ2n) is 8.26. The lowest BCUT2D eigenvalue weighted by atomic mass is 10.1. The summed E-state index contributed by atoms with van der Waals surface area (Å²) in [6.45, 7) is 5.89. The lowest BCUT2D eigenvalue weighted by Gasteiger charge is -2.31. The van der Waals surface area contributed by atoms with Gasteiger partial charge in [0.05, 0.1) is 11.9 Å². The van der Waals surface area contributed by atoms with Gasteiger partial charge in [0.2, 0.25) is 21.8 Å². The Hall–Kier alpha value is -2.58. The maximum absolute atomic E-state index is 13.5. The first-order valence-corrected chi connectivity index (χ1v) is 13.7. The van der Waals surface area contributed by atoms with Crippen molar-refractivity contribution in [2.45, 2.75) is 52.6 Å². The van der Waals surface area contributed by atoms with E-state index in [1.54, 1.807) is 37.3 Å². The van der Waals surface area contributed by atoms with Crippen molar-refractivity contribution in [3.63, 3.8) is 0 Å². The summed E-state index contributed by atoms with van der Waals surface area (Å²) in [6, 6.07) is 13.3. The van der Waals surface area contributed by atoms with Crippen molar-refractivity contribution in [1.29, 1.82) is 0 Å². The Bertz CT molecular complexity index is 1070. The van der Waals surface area contributed by atoms with E-state index in [4.69, 9.17) is 11.6 Å². The van der Waals surface area contributed by atoms with Crippen LogP contribution in [0, 0.1) is 0 Å². The summed E-state index contributed by atoms with van der Waals surface area (Å²) in [5.74, 6) is -0.773. The third-order valence-corrected chi connectivity index (χ3v) is 6.93. The zero-order chi connectivity index (χ0) is 25.3. The van der Waals surface area contributed by atoms with Crippen LogP contribution in [0.2, 0.25) is 5.02 Å². The van der Waals surface area contributed by atoms with Gasteiger partial charge in [0.1, 0.15) is 12.6 Å². The van der Waals surface area contributed by atoms with E-state index in [1.165, 1.54) is 4.90 Å². The molecule has 0 unspecified atom stereocenters. The first-order valence-electron chi connectivity index (χ1n) is 11.4. The van der Waals surface area contributed by atoms with Gasteiger partial charge in [-0.05, 0) is 55.2 Å². The molecule has 0 saturated carbocycles. The van der Waals surface area contributed by atoms with Crippen LogP contribution in [-0.4, -0.2) is 50.5 Å². The standard InChI is InChI=1S/C25H34ClN3O4S/c1-5-7-15-27-25(31)19(3)28(17-21-9-8-10-22(26)16-21)24(30)18-29(34(4,32)33)23-13-11-20(6-2)12-14-23/h8-14,16,19H,5-7,15,17-18H2,1-4H3,(H,27,31)/t19-/m1/s1. The van der Waals surface area contributed by atoms with Gasteiger partial charge in [-0.25, -0.2) is 8.42 Å². The number of hydrogen-bond donors (Lipinski definition) is 1. The Balaban J connectivity index is 2.34. The first kappa shape index (κ1) is 27.7. The van der Waals surface area contributed by atoms with Crippen LogP contribution in [0.1, 0.15) is 44.7 Å². The molecule has 0 spiro atoms. The van der Waals surface area contributed by atoms with E-state index in [1.807, 2.05) is 32.0 Å². The predicted octanol–water partition coefficient (Wildman–Crippen LogP) is 4.00. The highest BCUT2D eigenvalue weighted by atomic mass is 35.5. The number of hydrogen-bond acceptors (Lipinski definition) is 4. The van der Waals surface area contributed by atoms with Crippen molar-refractivity contribution >= 4 is 39.1 Å². The van der Waals surface area contributed by atoms with Crippen LogP contribution < -0.4 is 9.62 Å². The highest BCUT2D eigenvalue weighted by molar-refractivity contribution is 7.92. The van der Waals surface area contributed by atoms with Gasteiger partial charge < -0.3 is 10.2 Å². The van der Waals surface area contributed by atoms with Crippen molar-refractivity contribution in [3.8, 4) is 0 Å². The van der Waals surface area contributed by atoms with E-state index >= 15 is 0 Å². The van der Waals surface area contributed by atoms with Crippen molar-refractivity contribution in [1.82, 2.24) is 10.2 Å².